The highest BCUT2D eigenvalue weighted by Crippen LogP contribution is 2.22. The second-order valence-corrected chi connectivity index (χ2v) is 5.77. The highest BCUT2D eigenvalue weighted by atomic mass is 79.9. The van der Waals surface area contributed by atoms with E-state index in [2.05, 4.69) is 38.3 Å². The molecule has 0 spiro atoms. The molecule has 4 nitrogen and oxygen atoms in total. The summed E-state index contributed by atoms with van der Waals surface area (Å²) < 4.78 is 6.17. The minimum Gasteiger partial charge on any atom is -0.459 e. The summed E-state index contributed by atoms with van der Waals surface area (Å²) in [7, 11) is 0. The van der Waals surface area contributed by atoms with Gasteiger partial charge in [0.1, 0.15) is 0 Å². The molecule has 2 aromatic rings. The van der Waals surface area contributed by atoms with Crippen LogP contribution in [0, 0.1) is 0 Å². The quantitative estimate of drug-likeness (QED) is 0.938. The number of nitrogens with zero attached hydrogens (tertiary/aromatic N) is 1. The number of benzene rings is 1. The zero-order valence-corrected chi connectivity index (χ0v) is 12.5. The number of rotatable bonds is 3. The van der Waals surface area contributed by atoms with Crippen LogP contribution in [0.1, 0.15) is 17.0 Å². The summed E-state index contributed by atoms with van der Waals surface area (Å²) >= 11 is 3.43. The van der Waals surface area contributed by atoms with Gasteiger partial charge in [0.25, 0.3) is 5.91 Å². The van der Waals surface area contributed by atoms with Gasteiger partial charge in [-0.05, 0) is 42.8 Å². The van der Waals surface area contributed by atoms with Crippen molar-refractivity contribution in [2.75, 3.05) is 18.0 Å². The van der Waals surface area contributed by atoms with E-state index in [1.807, 2.05) is 12.1 Å². The van der Waals surface area contributed by atoms with Gasteiger partial charge < -0.3 is 14.6 Å². The number of halogens is 1. The molecule has 1 aliphatic rings. The van der Waals surface area contributed by atoms with Gasteiger partial charge in [-0.1, -0.05) is 15.9 Å². The van der Waals surface area contributed by atoms with E-state index >= 15 is 0 Å². The van der Waals surface area contributed by atoms with E-state index in [0.29, 0.717) is 5.76 Å². The van der Waals surface area contributed by atoms with E-state index in [1.54, 1.807) is 12.1 Å². The minimum atomic E-state index is -0.141. The van der Waals surface area contributed by atoms with Crippen molar-refractivity contribution in [3.05, 3.63) is 52.9 Å². The lowest BCUT2D eigenvalue weighted by molar-refractivity contribution is 0.0912. The van der Waals surface area contributed by atoms with Gasteiger partial charge in [0.15, 0.2) is 5.76 Å². The van der Waals surface area contributed by atoms with E-state index < -0.39 is 0 Å². The van der Waals surface area contributed by atoms with Crippen molar-refractivity contribution in [1.82, 2.24) is 5.32 Å². The fourth-order valence-electron chi connectivity index (χ4n) is 2.43. The van der Waals surface area contributed by atoms with Gasteiger partial charge in [-0.2, -0.15) is 0 Å². The first-order chi connectivity index (χ1) is 9.72. The van der Waals surface area contributed by atoms with Crippen molar-refractivity contribution in [2.24, 2.45) is 0 Å². The molecule has 0 aliphatic carbocycles. The fourth-order valence-corrected chi connectivity index (χ4v) is 2.69. The second-order valence-electron chi connectivity index (χ2n) is 4.86. The highest BCUT2D eigenvalue weighted by molar-refractivity contribution is 9.10. The Hall–Kier alpha value is -1.75. The molecule has 0 saturated carbocycles. The topological polar surface area (TPSA) is 45.5 Å². The van der Waals surface area contributed by atoms with Crippen molar-refractivity contribution in [2.45, 2.75) is 12.5 Å². The molecule has 20 heavy (non-hydrogen) atoms. The van der Waals surface area contributed by atoms with Crippen LogP contribution < -0.4 is 10.2 Å². The third-order valence-electron chi connectivity index (χ3n) is 3.46. The molecule has 1 N–H and O–H groups in total. The van der Waals surface area contributed by atoms with Crippen LogP contribution in [0.3, 0.4) is 0 Å². The molecular weight excluding hydrogens is 320 g/mol. The molecule has 0 radical (unpaired) electrons. The Kier molecular flexibility index (Phi) is 3.78. The van der Waals surface area contributed by atoms with Crippen LogP contribution in [0.15, 0.2) is 51.6 Å². The number of hydrogen-bond acceptors (Lipinski definition) is 3. The summed E-state index contributed by atoms with van der Waals surface area (Å²) in [6.07, 6.45) is 2.46. The number of hydrogen-bond donors (Lipinski definition) is 1. The van der Waals surface area contributed by atoms with E-state index in [4.69, 9.17) is 4.42 Å². The van der Waals surface area contributed by atoms with E-state index in [1.165, 1.54) is 12.0 Å². The first-order valence-corrected chi connectivity index (χ1v) is 7.36. The monoisotopic (exact) mass is 334 g/mol. The molecule has 1 saturated heterocycles. The van der Waals surface area contributed by atoms with Gasteiger partial charge in [0, 0.05) is 29.3 Å². The number of nitrogens with one attached hydrogen (secondary N) is 1. The number of carbonyl (C=O) groups excluding carboxylic acids is 1. The molecule has 1 aromatic carbocycles. The first kappa shape index (κ1) is 13.2. The summed E-state index contributed by atoms with van der Waals surface area (Å²) in [5.41, 5.74) is 1.18. The number of anilines is 1. The van der Waals surface area contributed by atoms with Crippen LogP contribution in [0.5, 0.6) is 0 Å². The lowest BCUT2D eigenvalue weighted by atomic mass is 10.2. The van der Waals surface area contributed by atoms with Crippen LogP contribution in [-0.2, 0) is 0 Å². The van der Waals surface area contributed by atoms with E-state index in [9.17, 15) is 4.79 Å². The molecule has 3 rings (SSSR count). The third-order valence-corrected chi connectivity index (χ3v) is 3.99. The lowest BCUT2D eigenvalue weighted by Crippen LogP contribution is -2.36. The van der Waals surface area contributed by atoms with Gasteiger partial charge in [0.2, 0.25) is 0 Å². The van der Waals surface area contributed by atoms with Gasteiger partial charge in [-0.15, -0.1) is 0 Å². The minimum absolute atomic E-state index is 0.141. The predicted molar refractivity (Wildman–Crippen MR) is 80.9 cm³/mol. The van der Waals surface area contributed by atoms with Gasteiger partial charge in [-0.25, -0.2) is 0 Å². The predicted octanol–water partition coefficient (Wildman–Crippen LogP) is 3.05. The largest absolute Gasteiger partial charge is 0.459 e. The molecule has 0 unspecified atom stereocenters. The summed E-state index contributed by atoms with van der Waals surface area (Å²) in [5, 5.41) is 3.01. The van der Waals surface area contributed by atoms with E-state index in [-0.39, 0.29) is 11.9 Å². The average Bonchev–Trinajstić information content (AvgIpc) is 3.10. The Bertz CT molecular complexity index is 580. The zero-order chi connectivity index (χ0) is 13.9. The van der Waals surface area contributed by atoms with Gasteiger partial charge in [0.05, 0.1) is 6.26 Å². The van der Waals surface area contributed by atoms with Crippen molar-refractivity contribution in [1.29, 1.82) is 0 Å². The molecule has 0 bridgehead atoms. The molecule has 2 heterocycles. The standard InChI is InChI=1S/C15H15BrN2O2/c16-11-3-5-13(6-4-11)18-8-7-12(10-18)17-15(19)14-2-1-9-20-14/h1-6,9,12H,7-8,10H2,(H,17,19)/t12-/m1/s1. The van der Waals surface area contributed by atoms with Gasteiger partial charge >= 0.3 is 0 Å². The van der Waals surface area contributed by atoms with Crippen LogP contribution in [0.4, 0.5) is 5.69 Å². The molecule has 5 heteroatoms. The highest BCUT2D eigenvalue weighted by Gasteiger charge is 2.25. The second kappa shape index (κ2) is 5.71. The van der Waals surface area contributed by atoms with Crippen LogP contribution in [0.2, 0.25) is 0 Å². The first-order valence-electron chi connectivity index (χ1n) is 6.57. The van der Waals surface area contributed by atoms with Gasteiger partial charge in [-0.3, -0.25) is 4.79 Å². The molecule has 104 valence electrons. The Balaban J connectivity index is 1.59. The summed E-state index contributed by atoms with van der Waals surface area (Å²) in [6.45, 7) is 1.78. The Morgan fingerprint density at radius 3 is 2.80 bits per heavy atom. The Morgan fingerprint density at radius 1 is 1.30 bits per heavy atom. The normalized spacial score (nSPS) is 18.2. The third kappa shape index (κ3) is 2.88. The maximum Gasteiger partial charge on any atom is 0.287 e. The molecule has 1 amide bonds. The van der Waals surface area contributed by atoms with Crippen LogP contribution in [0.25, 0.3) is 0 Å². The van der Waals surface area contributed by atoms with Crippen molar-refractivity contribution in [3.63, 3.8) is 0 Å². The molecule has 1 fully saturated rings. The maximum absolute atomic E-state index is 11.9. The Labute approximate surface area is 125 Å². The fraction of sp³-hybridized carbons (Fsp3) is 0.267. The molecular formula is C15H15BrN2O2. The summed E-state index contributed by atoms with van der Waals surface area (Å²) in [4.78, 5) is 14.2. The van der Waals surface area contributed by atoms with Crippen molar-refractivity contribution >= 4 is 27.5 Å². The maximum atomic E-state index is 11.9. The molecule has 1 aliphatic heterocycles. The summed E-state index contributed by atoms with van der Waals surface area (Å²) in [6, 6.07) is 11.8. The lowest BCUT2D eigenvalue weighted by Gasteiger charge is -2.19. The van der Waals surface area contributed by atoms with Crippen LogP contribution >= 0.6 is 15.9 Å². The SMILES string of the molecule is O=C(N[C@@H]1CCN(c2ccc(Br)cc2)C1)c1ccco1. The number of furan rings is 1. The van der Waals surface area contributed by atoms with Crippen molar-refractivity contribution in [3.8, 4) is 0 Å². The number of carbonyl (C=O) groups is 1. The van der Waals surface area contributed by atoms with E-state index in [0.717, 1.165) is 24.0 Å². The average molecular weight is 335 g/mol. The number of amides is 1. The summed E-state index contributed by atoms with van der Waals surface area (Å²) in [5.74, 6) is 0.227. The molecule has 1 aromatic heterocycles. The Morgan fingerprint density at radius 2 is 2.10 bits per heavy atom. The van der Waals surface area contributed by atoms with Crippen molar-refractivity contribution < 1.29 is 9.21 Å². The molecule has 1 atom stereocenters. The smallest absolute Gasteiger partial charge is 0.287 e. The van der Waals surface area contributed by atoms with Crippen LogP contribution in [-0.4, -0.2) is 25.0 Å². The zero-order valence-electron chi connectivity index (χ0n) is 10.9.